The Morgan fingerprint density at radius 2 is 1.91 bits per heavy atom. The van der Waals surface area contributed by atoms with E-state index in [4.69, 9.17) is 0 Å². The number of fused-ring (bicyclic) bond motifs is 2. The number of nitrogens with one attached hydrogen (secondary N) is 2. The summed E-state index contributed by atoms with van der Waals surface area (Å²) in [6.07, 6.45) is 4.47. The summed E-state index contributed by atoms with van der Waals surface area (Å²) < 4.78 is 13.2. The molecule has 2 aromatic carbocycles. The normalized spacial score (nSPS) is 24.2. The minimum absolute atomic E-state index is 0.0551. The van der Waals surface area contributed by atoms with Crippen LogP contribution in [0.25, 0.3) is 0 Å². The van der Waals surface area contributed by atoms with E-state index in [1.54, 1.807) is 17.0 Å². The molecule has 0 spiro atoms. The fraction of sp³-hybridized carbons (Fsp3) is 0.440. The topological polar surface area (TPSA) is 81.7 Å². The molecule has 0 saturated carbocycles. The van der Waals surface area contributed by atoms with Crippen molar-refractivity contribution in [2.24, 2.45) is 0 Å². The van der Waals surface area contributed by atoms with Gasteiger partial charge in [0.05, 0.1) is 0 Å². The van der Waals surface area contributed by atoms with Gasteiger partial charge < -0.3 is 20.6 Å². The van der Waals surface area contributed by atoms with Gasteiger partial charge in [-0.25, -0.2) is 4.39 Å². The number of hydrogen-bond acceptors (Lipinski definition) is 4. The molecule has 0 aliphatic carbocycles. The molecule has 2 aromatic rings. The van der Waals surface area contributed by atoms with Crippen LogP contribution in [0.15, 0.2) is 54.6 Å². The number of aliphatic hydroxyl groups is 1. The third kappa shape index (κ3) is 5.34. The number of hydrogen-bond donors (Lipinski definition) is 3. The maximum Gasteiger partial charge on any atom is 0.251 e. The number of carbonyl (C=O) groups is 2. The number of rotatable bonds is 8. The van der Waals surface area contributed by atoms with Gasteiger partial charge in [-0.2, -0.15) is 0 Å². The maximum atomic E-state index is 13.2. The molecule has 170 valence electrons. The summed E-state index contributed by atoms with van der Waals surface area (Å²) in [6, 6.07) is 15.7. The van der Waals surface area contributed by atoms with Crippen LogP contribution in [0.1, 0.15) is 48.0 Å². The second-order valence-electron chi connectivity index (χ2n) is 8.99. The number of carbonyl (C=O) groups excluding carboxylic acids is 2. The van der Waals surface area contributed by atoms with Crippen LogP contribution < -0.4 is 10.6 Å². The smallest absolute Gasteiger partial charge is 0.251 e. The second-order valence-corrected chi connectivity index (χ2v) is 8.99. The first-order valence-electron chi connectivity index (χ1n) is 11.2. The molecule has 2 saturated heterocycles. The highest BCUT2D eigenvalue weighted by molar-refractivity contribution is 5.94. The predicted molar refractivity (Wildman–Crippen MR) is 119 cm³/mol. The molecule has 6 nitrogen and oxygen atoms in total. The largest absolute Gasteiger partial charge is 0.387 e. The van der Waals surface area contributed by atoms with E-state index in [-0.39, 0.29) is 29.2 Å². The quantitative estimate of drug-likeness (QED) is 0.591. The van der Waals surface area contributed by atoms with Crippen LogP contribution in [0, 0.1) is 5.82 Å². The highest BCUT2D eigenvalue weighted by atomic mass is 19.1. The molecule has 0 radical (unpaired) electrons. The molecule has 2 bridgehead atoms. The van der Waals surface area contributed by atoms with E-state index in [2.05, 4.69) is 10.6 Å². The molecule has 3 atom stereocenters. The van der Waals surface area contributed by atoms with Gasteiger partial charge in [0.2, 0.25) is 5.91 Å². The van der Waals surface area contributed by atoms with E-state index in [0.29, 0.717) is 24.7 Å². The first-order valence-corrected chi connectivity index (χ1v) is 11.2. The summed E-state index contributed by atoms with van der Waals surface area (Å²) in [6.45, 7) is 0.253. The zero-order chi connectivity index (χ0) is 22.6. The van der Waals surface area contributed by atoms with Crippen LogP contribution in [-0.4, -0.2) is 52.6 Å². The van der Waals surface area contributed by atoms with Crippen LogP contribution in [-0.2, 0) is 11.3 Å². The van der Waals surface area contributed by atoms with Gasteiger partial charge in [-0.3, -0.25) is 9.59 Å². The number of amides is 2. The van der Waals surface area contributed by atoms with Crippen molar-refractivity contribution in [2.75, 3.05) is 13.2 Å². The Kier molecular flexibility index (Phi) is 6.86. The van der Waals surface area contributed by atoms with Crippen LogP contribution in [0.2, 0.25) is 0 Å². The lowest BCUT2D eigenvalue weighted by molar-refractivity contribution is -0.135. The Bertz CT molecular complexity index is 937. The molecular weight excluding hydrogens is 409 g/mol. The van der Waals surface area contributed by atoms with Crippen molar-refractivity contribution in [2.45, 2.75) is 56.3 Å². The van der Waals surface area contributed by atoms with Crippen molar-refractivity contribution < 1.29 is 19.1 Å². The summed E-state index contributed by atoms with van der Waals surface area (Å²) in [5.74, 6) is -0.717. The van der Waals surface area contributed by atoms with E-state index < -0.39 is 6.61 Å². The van der Waals surface area contributed by atoms with Gasteiger partial charge >= 0.3 is 0 Å². The predicted octanol–water partition coefficient (Wildman–Crippen LogP) is 2.62. The molecule has 2 aliphatic rings. The standard InChI is InChI=1S/C25H30FN3O3/c26-20-8-6-18(7-9-20)16-29(23(31)17-30)13-12-25-11-10-21(28-25)14-22(15-25)27-24(32)19-4-2-1-3-5-19/h1-9,21-22,28,30H,10-17H2,(H,27,32)/t21?,22?,25-/m0/s1. The summed E-state index contributed by atoms with van der Waals surface area (Å²) in [5, 5.41) is 16.4. The maximum absolute atomic E-state index is 13.2. The fourth-order valence-corrected chi connectivity index (χ4v) is 5.08. The monoisotopic (exact) mass is 439 g/mol. The molecule has 2 heterocycles. The lowest BCUT2D eigenvalue weighted by atomic mass is 9.84. The molecule has 32 heavy (non-hydrogen) atoms. The second kappa shape index (κ2) is 9.79. The summed E-state index contributed by atoms with van der Waals surface area (Å²) in [5.41, 5.74) is 1.33. The first-order chi connectivity index (χ1) is 15.5. The number of halogens is 1. The lowest BCUT2D eigenvalue weighted by Crippen LogP contribution is -2.56. The van der Waals surface area contributed by atoms with Crippen LogP contribution in [0.4, 0.5) is 4.39 Å². The van der Waals surface area contributed by atoms with E-state index in [0.717, 1.165) is 37.7 Å². The Hall–Kier alpha value is -2.77. The Morgan fingerprint density at radius 3 is 2.62 bits per heavy atom. The van der Waals surface area contributed by atoms with Gasteiger partial charge in [-0.15, -0.1) is 0 Å². The molecule has 7 heteroatoms. The molecule has 0 aromatic heterocycles. The van der Waals surface area contributed by atoms with Gasteiger partial charge in [0.1, 0.15) is 12.4 Å². The van der Waals surface area contributed by atoms with Crippen LogP contribution >= 0.6 is 0 Å². The highest BCUT2D eigenvalue weighted by Crippen LogP contribution is 2.38. The lowest BCUT2D eigenvalue weighted by Gasteiger charge is -2.40. The fourth-order valence-electron chi connectivity index (χ4n) is 5.08. The molecule has 2 amide bonds. The molecule has 2 fully saturated rings. The van der Waals surface area contributed by atoms with Gasteiger partial charge in [0.25, 0.3) is 5.91 Å². The van der Waals surface area contributed by atoms with E-state index >= 15 is 0 Å². The molecular formula is C25H30FN3O3. The first kappa shape index (κ1) is 22.4. The van der Waals surface area contributed by atoms with E-state index in [1.165, 1.54) is 12.1 Å². The highest BCUT2D eigenvalue weighted by Gasteiger charge is 2.45. The van der Waals surface area contributed by atoms with Gasteiger partial charge in [0, 0.05) is 36.3 Å². The van der Waals surface area contributed by atoms with Crippen molar-refractivity contribution in [1.29, 1.82) is 0 Å². The third-order valence-electron chi connectivity index (χ3n) is 6.69. The summed E-state index contributed by atoms with van der Waals surface area (Å²) in [4.78, 5) is 26.6. The zero-order valence-corrected chi connectivity index (χ0v) is 18.1. The zero-order valence-electron chi connectivity index (χ0n) is 18.1. The SMILES string of the molecule is O=C(NC1CC2CC[C@](CCN(Cc3ccc(F)cc3)C(=O)CO)(C1)N2)c1ccccc1. The van der Waals surface area contributed by atoms with Gasteiger partial charge in [0.15, 0.2) is 0 Å². The average molecular weight is 440 g/mol. The molecule has 4 rings (SSSR count). The number of piperidine rings is 1. The minimum atomic E-state index is -0.556. The number of benzene rings is 2. The Balaban J connectivity index is 1.39. The molecule has 2 unspecified atom stereocenters. The molecule has 2 aliphatic heterocycles. The van der Waals surface area contributed by atoms with Crippen molar-refractivity contribution in [3.63, 3.8) is 0 Å². The van der Waals surface area contributed by atoms with E-state index in [9.17, 15) is 19.1 Å². The van der Waals surface area contributed by atoms with Crippen LogP contribution in [0.3, 0.4) is 0 Å². The number of nitrogens with zero attached hydrogens (tertiary/aromatic N) is 1. The summed E-state index contributed by atoms with van der Waals surface area (Å²) in [7, 11) is 0. The molecule has 3 N–H and O–H groups in total. The van der Waals surface area contributed by atoms with Crippen molar-refractivity contribution in [1.82, 2.24) is 15.5 Å². The Morgan fingerprint density at radius 1 is 1.16 bits per heavy atom. The Labute approximate surface area is 187 Å². The number of aliphatic hydroxyl groups excluding tert-OH is 1. The summed E-state index contributed by atoms with van der Waals surface area (Å²) >= 11 is 0. The van der Waals surface area contributed by atoms with Crippen LogP contribution in [0.5, 0.6) is 0 Å². The van der Waals surface area contributed by atoms with E-state index in [1.807, 2.05) is 30.3 Å². The van der Waals surface area contributed by atoms with Crippen molar-refractivity contribution >= 4 is 11.8 Å². The van der Waals surface area contributed by atoms with Crippen molar-refractivity contribution in [3.05, 3.63) is 71.5 Å². The van der Waals surface area contributed by atoms with Gasteiger partial charge in [-0.1, -0.05) is 30.3 Å². The van der Waals surface area contributed by atoms with Crippen molar-refractivity contribution in [3.8, 4) is 0 Å². The van der Waals surface area contributed by atoms with Gasteiger partial charge in [-0.05, 0) is 61.9 Å². The third-order valence-corrected chi connectivity index (χ3v) is 6.69. The average Bonchev–Trinajstić information content (AvgIpc) is 3.12. The minimum Gasteiger partial charge on any atom is -0.387 e.